The number of aliphatic hydroxyl groups excluding tert-OH is 1. The summed E-state index contributed by atoms with van der Waals surface area (Å²) >= 11 is 0. The minimum Gasteiger partial charge on any atom is -0.496 e. The molecule has 0 atom stereocenters. The average molecular weight is 196 g/mol. The second-order valence-electron chi connectivity index (χ2n) is 3.17. The van der Waals surface area contributed by atoms with Crippen LogP contribution < -0.4 is 10.1 Å². The molecule has 0 radical (unpaired) electrons. The van der Waals surface area contributed by atoms with Gasteiger partial charge in [-0.05, 0) is 12.1 Å². The highest BCUT2D eigenvalue weighted by Crippen LogP contribution is 2.15. The molecular weight excluding hydrogens is 178 g/mol. The summed E-state index contributed by atoms with van der Waals surface area (Å²) in [4.78, 5) is 0. The van der Waals surface area contributed by atoms with Gasteiger partial charge in [-0.25, -0.2) is 0 Å². The number of aliphatic hydroxyl groups is 1. The van der Waals surface area contributed by atoms with Crippen molar-refractivity contribution < 1.29 is 15.2 Å². The van der Waals surface area contributed by atoms with Crippen LogP contribution in [0.4, 0.5) is 0 Å². The third kappa shape index (κ3) is 3.36. The average Bonchev–Trinajstić information content (AvgIpc) is 2.25. The van der Waals surface area contributed by atoms with Crippen LogP contribution in [0, 0.1) is 0 Å². The summed E-state index contributed by atoms with van der Waals surface area (Å²) in [5, 5.41) is 10.8. The Labute approximate surface area is 84.7 Å². The summed E-state index contributed by atoms with van der Waals surface area (Å²) < 4.78 is 5.23. The summed E-state index contributed by atoms with van der Waals surface area (Å²) in [5.74, 6) is 0.938. The van der Waals surface area contributed by atoms with E-state index in [0.717, 1.165) is 25.3 Å². The number of ether oxygens (including phenoxy) is 1. The molecule has 0 saturated carbocycles. The van der Waals surface area contributed by atoms with Crippen LogP contribution in [0.5, 0.6) is 5.75 Å². The number of rotatable bonds is 6. The van der Waals surface area contributed by atoms with E-state index in [1.54, 1.807) is 7.11 Å². The van der Waals surface area contributed by atoms with Crippen LogP contribution in [0.15, 0.2) is 24.3 Å². The molecule has 14 heavy (non-hydrogen) atoms. The molecule has 3 nitrogen and oxygen atoms in total. The van der Waals surface area contributed by atoms with Gasteiger partial charge < -0.3 is 15.2 Å². The molecular formula is C11H18NO2+. The zero-order valence-corrected chi connectivity index (χ0v) is 8.57. The fourth-order valence-corrected chi connectivity index (χ4v) is 1.36. The van der Waals surface area contributed by atoms with Crippen LogP contribution in [-0.2, 0) is 6.54 Å². The number of hydrogen-bond donors (Lipinski definition) is 2. The van der Waals surface area contributed by atoms with Crippen LogP contribution in [0.3, 0.4) is 0 Å². The van der Waals surface area contributed by atoms with Crippen molar-refractivity contribution in [3.8, 4) is 5.75 Å². The zero-order chi connectivity index (χ0) is 10.2. The summed E-state index contributed by atoms with van der Waals surface area (Å²) in [6.07, 6.45) is 0.842. The summed E-state index contributed by atoms with van der Waals surface area (Å²) in [6, 6.07) is 8.01. The quantitative estimate of drug-likeness (QED) is 0.636. The van der Waals surface area contributed by atoms with E-state index < -0.39 is 0 Å². The smallest absolute Gasteiger partial charge is 0.127 e. The molecule has 0 aliphatic rings. The lowest BCUT2D eigenvalue weighted by atomic mass is 10.2. The van der Waals surface area contributed by atoms with Crippen molar-refractivity contribution in [2.45, 2.75) is 13.0 Å². The molecule has 1 aromatic carbocycles. The first kappa shape index (κ1) is 11.0. The molecule has 0 heterocycles. The Hall–Kier alpha value is -1.06. The minimum atomic E-state index is 0.266. The first-order chi connectivity index (χ1) is 6.88. The molecule has 0 aromatic heterocycles. The summed E-state index contributed by atoms with van der Waals surface area (Å²) in [6.45, 7) is 2.13. The normalized spacial score (nSPS) is 10.1. The van der Waals surface area contributed by atoms with E-state index in [-0.39, 0.29) is 6.61 Å². The van der Waals surface area contributed by atoms with Crippen LogP contribution in [0.25, 0.3) is 0 Å². The Morgan fingerprint density at radius 3 is 2.86 bits per heavy atom. The first-order valence-electron chi connectivity index (χ1n) is 4.93. The number of quaternary nitrogens is 1. The van der Waals surface area contributed by atoms with E-state index >= 15 is 0 Å². The van der Waals surface area contributed by atoms with Gasteiger partial charge in [-0.1, -0.05) is 12.1 Å². The van der Waals surface area contributed by atoms with Gasteiger partial charge in [-0.2, -0.15) is 0 Å². The Balaban J connectivity index is 2.41. The van der Waals surface area contributed by atoms with E-state index in [4.69, 9.17) is 9.84 Å². The molecule has 0 amide bonds. The molecule has 3 N–H and O–H groups in total. The summed E-state index contributed by atoms with van der Waals surface area (Å²) in [7, 11) is 1.69. The van der Waals surface area contributed by atoms with Gasteiger partial charge in [0.1, 0.15) is 12.3 Å². The highest BCUT2D eigenvalue weighted by atomic mass is 16.5. The predicted molar refractivity (Wildman–Crippen MR) is 55.2 cm³/mol. The maximum atomic E-state index is 8.62. The van der Waals surface area contributed by atoms with Gasteiger partial charge in [0.15, 0.2) is 0 Å². The van der Waals surface area contributed by atoms with Gasteiger partial charge in [0, 0.05) is 18.6 Å². The van der Waals surface area contributed by atoms with Gasteiger partial charge in [0.05, 0.1) is 13.7 Å². The van der Waals surface area contributed by atoms with Gasteiger partial charge in [-0.15, -0.1) is 0 Å². The topological polar surface area (TPSA) is 46.1 Å². The van der Waals surface area contributed by atoms with Crippen molar-refractivity contribution in [3.63, 3.8) is 0 Å². The van der Waals surface area contributed by atoms with Gasteiger partial charge in [-0.3, -0.25) is 0 Å². The molecule has 0 aliphatic heterocycles. The molecule has 0 spiro atoms. The second-order valence-corrected chi connectivity index (χ2v) is 3.17. The largest absolute Gasteiger partial charge is 0.496 e. The van der Waals surface area contributed by atoms with Crippen molar-refractivity contribution in [1.82, 2.24) is 0 Å². The molecule has 0 unspecified atom stereocenters. The van der Waals surface area contributed by atoms with E-state index in [9.17, 15) is 0 Å². The first-order valence-corrected chi connectivity index (χ1v) is 4.93. The van der Waals surface area contributed by atoms with Crippen LogP contribution in [0.2, 0.25) is 0 Å². The number of para-hydroxylation sites is 1. The van der Waals surface area contributed by atoms with Gasteiger partial charge in [0.2, 0.25) is 0 Å². The van der Waals surface area contributed by atoms with E-state index in [1.807, 2.05) is 18.2 Å². The second kappa shape index (κ2) is 6.40. The number of methoxy groups -OCH3 is 1. The molecule has 1 rings (SSSR count). The minimum absolute atomic E-state index is 0.266. The lowest BCUT2D eigenvalue weighted by Crippen LogP contribution is -2.82. The van der Waals surface area contributed by atoms with Crippen molar-refractivity contribution in [2.24, 2.45) is 0 Å². The fraction of sp³-hybridized carbons (Fsp3) is 0.455. The van der Waals surface area contributed by atoms with Crippen molar-refractivity contribution in [1.29, 1.82) is 0 Å². The molecule has 0 saturated heterocycles. The Kier molecular flexibility index (Phi) is 5.04. The molecule has 78 valence electrons. The van der Waals surface area contributed by atoms with E-state index in [0.29, 0.717) is 0 Å². The van der Waals surface area contributed by atoms with Crippen molar-refractivity contribution in [3.05, 3.63) is 29.8 Å². The van der Waals surface area contributed by atoms with Crippen LogP contribution in [0.1, 0.15) is 12.0 Å². The zero-order valence-electron chi connectivity index (χ0n) is 8.57. The van der Waals surface area contributed by atoms with Crippen LogP contribution in [-0.4, -0.2) is 25.4 Å². The predicted octanol–water partition coefficient (Wildman–Crippen LogP) is 0.141. The monoisotopic (exact) mass is 196 g/mol. The SMILES string of the molecule is COc1ccccc1C[NH2+]CCCO. The van der Waals surface area contributed by atoms with Gasteiger partial charge in [0.25, 0.3) is 0 Å². The maximum absolute atomic E-state index is 8.62. The van der Waals surface area contributed by atoms with Crippen molar-refractivity contribution >= 4 is 0 Å². The lowest BCUT2D eigenvalue weighted by molar-refractivity contribution is -0.671. The third-order valence-electron chi connectivity index (χ3n) is 2.12. The van der Waals surface area contributed by atoms with Crippen LogP contribution >= 0.6 is 0 Å². The number of nitrogens with two attached hydrogens (primary N) is 1. The summed E-state index contributed by atoms with van der Waals surface area (Å²) in [5.41, 5.74) is 1.20. The maximum Gasteiger partial charge on any atom is 0.127 e. The third-order valence-corrected chi connectivity index (χ3v) is 2.12. The highest BCUT2D eigenvalue weighted by Gasteiger charge is 2.02. The molecule has 0 fully saturated rings. The van der Waals surface area contributed by atoms with Crippen molar-refractivity contribution in [2.75, 3.05) is 20.3 Å². The number of hydrogen-bond acceptors (Lipinski definition) is 2. The van der Waals surface area contributed by atoms with E-state index in [2.05, 4.69) is 11.4 Å². The molecule has 3 heteroatoms. The highest BCUT2D eigenvalue weighted by molar-refractivity contribution is 5.32. The Morgan fingerprint density at radius 2 is 2.14 bits per heavy atom. The van der Waals surface area contributed by atoms with E-state index in [1.165, 1.54) is 5.56 Å². The number of benzene rings is 1. The lowest BCUT2D eigenvalue weighted by Gasteiger charge is -2.06. The standard InChI is InChI=1S/C11H17NO2/c1-14-11-6-3-2-5-10(11)9-12-7-4-8-13/h2-3,5-6,12-13H,4,7-9H2,1H3/p+1. The fourth-order valence-electron chi connectivity index (χ4n) is 1.36. The Morgan fingerprint density at radius 1 is 1.36 bits per heavy atom. The molecule has 0 bridgehead atoms. The molecule has 0 aliphatic carbocycles. The Bertz CT molecular complexity index is 263. The molecule has 1 aromatic rings. The van der Waals surface area contributed by atoms with Gasteiger partial charge >= 0.3 is 0 Å².